The number of rotatable bonds is 4. The monoisotopic (exact) mass is 605 g/mol. The number of piperidine rings is 2. The average Bonchev–Trinajstić information content (AvgIpc) is 3.59. The lowest BCUT2D eigenvalue weighted by Crippen LogP contribution is -2.58. The quantitative estimate of drug-likeness (QED) is 0.456. The van der Waals surface area contributed by atoms with Crippen LogP contribution in [0.25, 0.3) is 0 Å². The fourth-order valence-electron chi connectivity index (χ4n) is 6.39. The molecular formula is C30H39N9O3S. The van der Waals surface area contributed by atoms with Gasteiger partial charge in [-0.1, -0.05) is 11.3 Å². The van der Waals surface area contributed by atoms with Crippen LogP contribution in [0.2, 0.25) is 0 Å². The van der Waals surface area contributed by atoms with Crippen molar-refractivity contribution >= 4 is 29.1 Å². The lowest BCUT2D eigenvalue weighted by molar-refractivity contribution is -0.138. The van der Waals surface area contributed by atoms with E-state index < -0.39 is 11.6 Å². The lowest BCUT2D eigenvalue weighted by Gasteiger charge is -2.41. The number of amides is 3. The van der Waals surface area contributed by atoms with Crippen molar-refractivity contribution in [2.24, 2.45) is 0 Å². The summed E-state index contributed by atoms with van der Waals surface area (Å²) in [6.45, 7) is 5.25. The molecule has 4 bridgehead atoms. The Morgan fingerprint density at radius 3 is 2.63 bits per heavy atom. The summed E-state index contributed by atoms with van der Waals surface area (Å²) in [7, 11) is 2.05. The zero-order valence-electron chi connectivity index (χ0n) is 24.8. The molecule has 4 aliphatic heterocycles. The number of nitrogens with one attached hydrogen (secondary N) is 2. The average molecular weight is 606 g/mol. The highest BCUT2D eigenvalue weighted by Gasteiger charge is 2.39. The predicted molar refractivity (Wildman–Crippen MR) is 160 cm³/mol. The van der Waals surface area contributed by atoms with E-state index >= 15 is 0 Å². The fraction of sp³-hybridized carbons (Fsp3) is 0.567. The van der Waals surface area contributed by atoms with Gasteiger partial charge in [0.1, 0.15) is 6.04 Å². The molecule has 2 saturated heterocycles. The molecule has 1 spiro atoms. The van der Waals surface area contributed by atoms with Gasteiger partial charge < -0.3 is 20.4 Å². The van der Waals surface area contributed by atoms with Crippen molar-refractivity contribution in [3.63, 3.8) is 0 Å². The summed E-state index contributed by atoms with van der Waals surface area (Å²) >= 11 is 1.66. The van der Waals surface area contributed by atoms with Crippen molar-refractivity contribution < 1.29 is 14.4 Å². The summed E-state index contributed by atoms with van der Waals surface area (Å²) in [6, 6.07) is 3.06. The number of fused-ring (bicyclic) bond motifs is 8. The number of nitrogens with zero attached hydrogens (tertiary/aromatic N) is 7. The molecule has 0 radical (unpaired) electrons. The Labute approximate surface area is 255 Å². The van der Waals surface area contributed by atoms with Gasteiger partial charge in [0.25, 0.3) is 0 Å². The van der Waals surface area contributed by atoms with Crippen molar-refractivity contribution in [2.45, 2.75) is 75.9 Å². The Hall–Kier alpha value is -3.71. The highest BCUT2D eigenvalue weighted by atomic mass is 32.1. The van der Waals surface area contributed by atoms with E-state index in [4.69, 9.17) is 4.98 Å². The summed E-state index contributed by atoms with van der Waals surface area (Å²) in [4.78, 5) is 55.2. The van der Waals surface area contributed by atoms with E-state index in [1.165, 1.54) is 0 Å². The molecule has 12 nitrogen and oxygen atoms in total. The second kappa shape index (κ2) is 12.5. The molecule has 0 aromatic carbocycles. The maximum atomic E-state index is 13.9. The first-order valence-electron chi connectivity index (χ1n) is 15.1. The third-order valence-electron chi connectivity index (χ3n) is 8.94. The largest absolute Gasteiger partial charge is 0.350 e. The normalized spacial score (nSPS) is 22.1. The molecule has 1 atom stereocenters. The Morgan fingerprint density at radius 1 is 1.09 bits per heavy atom. The van der Waals surface area contributed by atoms with Crippen LogP contribution in [0.3, 0.4) is 0 Å². The van der Waals surface area contributed by atoms with Gasteiger partial charge in [-0.3, -0.25) is 19.4 Å². The first-order valence-corrected chi connectivity index (χ1v) is 15.9. The zero-order chi connectivity index (χ0) is 30.0. The van der Waals surface area contributed by atoms with E-state index in [0.29, 0.717) is 38.2 Å². The minimum atomic E-state index is -0.784. The Morgan fingerprint density at radius 2 is 1.88 bits per heavy atom. The smallest absolute Gasteiger partial charge is 0.245 e. The Balaban J connectivity index is 1.26. The highest BCUT2D eigenvalue weighted by molar-refractivity contribution is 7.11. The van der Waals surface area contributed by atoms with Crippen LogP contribution in [0.1, 0.15) is 64.9 Å². The molecule has 4 aliphatic rings. The first kappa shape index (κ1) is 29.4. The lowest BCUT2D eigenvalue weighted by atomic mass is 9.83. The Kier molecular flexibility index (Phi) is 8.53. The molecule has 0 unspecified atom stereocenters. The minimum Gasteiger partial charge on any atom is -0.350 e. The van der Waals surface area contributed by atoms with Crippen molar-refractivity contribution in [1.82, 2.24) is 45.4 Å². The zero-order valence-corrected chi connectivity index (χ0v) is 25.6. The second-order valence-electron chi connectivity index (χ2n) is 12.2. The fourth-order valence-corrected chi connectivity index (χ4v) is 7.50. The van der Waals surface area contributed by atoms with Crippen LogP contribution < -0.4 is 10.6 Å². The number of hydrogen-bond acceptors (Lipinski definition) is 9. The van der Waals surface area contributed by atoms with E-state index in [0.717, 1.165) is 47.1 Å². The van der Waals surface area contributed by atoms with Gasteiger partial charge in [-0.05, 0) is 51.3 Å². The molecule has 7 heterocycles. The van der Waals surface area contributed by atoms with Gasteiger partial charge in [0.05, 0.1) is 34.9 Å². The van der Waals surface area contributed by atoms with Crippen molar-refractivity contribution in [3.8, 4) is 0 Å². The maximum Gasteiger partial charge on any atom is 0.245 e. The molecular weight excluding hydrogens is 566 g/mol. The van der Waals surface area contributed by atoms with Crippen molar-refractivity contribution in [3.05, 3.63) is 57.6 Å². The maximum absolute atomic E-state index is 13.9. The molecule has 2 fully saturated rings. The third-order valence-corrected chi connectivity index (χ3v) is 10.1. The van der Waals surface area contributed by atoms with E-state index in [-0.39, 0.29) is 42.9 Å². The van der Waals surface area contributed by atoms with Gasteiger partial charge in [-0.15, -0.1) is 16.4 Å². The molecule has 2 N–H and O–H groups in total. The number of pyridine rings is 1. The Bertz CT molecular complexity index is 1460. The third kappa shape index (κ3) is 6.93. The minimum absolute atomic E-state index is 0.105. The van der Waals surface area contributed by atoms with Gasteiger partial charge in [-0.25, -0.2) is 9.67 Å². The number of aryl methyl sites for hydroxylation is 1. The van der Waals surface area contributed by atoms with Crippen LogP contribution in [0, 0.1) is 6.92 Å². The molecule has 3 amide bonds. The van der Waals surface area contributed by atoms with E-state index in [1.54, 1.807) is 28.4 Å². The predicted octanol–water partition coefficient (Wildman–Crippen LogP) is 1.45. The number of hydrogen-bond donors (Lipinski definition) is 2. The van der Waals surface area contributed by atoms with E-state index in [1.807, 2.05) is 37.2 Å². The molecule has 13 heteroatoms. The number of likely N-dealkylation sites (tertiary alicyclic amines) is 1. The van der Waals surface area contributed by atoms with Crippen LogP contribution in [0.15, 0.2) is 30.7 Å². The summed E-state index contributed by atoms with van der Waals surface area (Å²) in [5.41, 5.74) is 1.74. The van der Waals surface area contributed by atoms with Gasteiger partial charge in [0.2, 0.25) is 17.7 Å². The number of carbonyl (C=O) groups is 3. The van der Waals surface area contributed by atoms with Crippen LogP contribution >= 0.6 is 11.3 Å². The molecule has 7 rings (SSSR count). The van der Waals surface area contributed by atoms with E-state index in [2.05, 4.69) is 30.8 Å². The van der Waals surface area contributed by atoms with Crippen LogP contribution in [-0.4, -0.2) is 97.3 Å². The summed E-state index contributed by atoms with van der Waals surface area (Å²) in [5, 5.41) is 15.9. The second-order valence-corrected chi connectivity index (χ2v) is 13.5. The molecule has 43 heavy (non-hydrogen) atoms. The standard InChI is InChI=1S/C30H39N9O3S/c1-20-24-15-26(40)34-30(7-12-37(2)13-8-30)16-27(41)32-25(29(42)38-10-5-22(6-11-38)28(33-24)43-20)14-23-19-39(36-35-23)18-21-4-3-9-31-17-21/h3-4,9,17,19,22,25H,5-8,10-16,18H2,1-2H3,(H,32,41)(H,34,40)/t25-/m1/s1. The highest BCUT2D eigenvalue weighted by Crippen LogP contribution is 2.33. The van der Waals surface area contributed by atoms with Gasteiger partial charge in [0, 0.05) is 68.4 Å². The van der Waals surface area contributed by atoms with Crippen LogP contribution in [0.5, 0.6) is 0 Å². The molecule has 3 aromatic heterocycles. The van der Waals surface area contributed by atoms with Crippen LogP contribution in [0.4, 0.5) is 0 Å². The summed E-state index contributed by atoms with van der Waals surface area (Å²) < 4.78 is 1.72. The topological polar surface area (TPSA) is 138 Å². The first-order chi connectivity index (χ1) is 20.7. The number of thiazole rings is 1. The SMILES string of the molecule is Cc1sc2nc1CC(=O)NC1(CCN(C)CC1)CC(=O)N[C@H](Cc1cn(Cc3cccnc3)nn1)C(=O)N1CCC2CC1. The van der Waals surface area contributed by atoms with Crippen molar-refractivity contribution in [1.29, 1.82) is 0 Å². The van der Waals surface area contributed by atoms with Crippen molar-refractivity contribution in [2.75, 3.05) is 33.2 Å². The number of aromatic nitrogens is 5. The van der Waals surface area contributed by atoms with Gasteiger partial charge in [-0.2, -0.15) is 0 Å². The number of carbonyl (C=O) groups excluding carboxylic acids is 3. The molecule has 0 saturated carbocycles. The van der Waals surface area contributed by atoms with Gasteiger partial charge >= 0.3 is 0 Å². The van der Waals surface area contributed by atoms with Crippen LogP contribution in [-0.2, 0) is 33.8 Å². The van der Waals surface area contributed by atoms with Gasteiger partial charge in [0.15, 0.2) is 0 Å². The molecule has 228 valence electrons. The molecule has 0 aliphatic carbocycles. The molecule has 3 aromatic rings. The summed E-state index contributed by atoms with van der Waals surface area (Å²) in [6.07, 6.45) is 8.75. The van der Waals surface area contributed by atoms with E-state index in [9.17, 15) is 14.4 Å². The summed E-state index contributed by atoms with van der Waals surface area (Å²) in [5.74, 6) is -0.228.